The first-order chi connectivity index (χ1) is 4.74. The van der Waals surface area contributed by atoms with E-state index < -0.39 is 0 Å². The number of halogens is 1. The number of alkyl halides is 1. The number of hydrogen-bond acceptors (Lipinski definition) is 1. The van der Waals surface area contributed by atoms with Crippen LogP contribution in [-0.2, 0) is 0 Å². The number of hydrogen-bond donors (Lipinski definition) is 0. The summed E-state index contributed by atoms with van der Waals surface area (Å²) in [5.41, 5.74) is 0. The van der Waals surface area contributed by atoms with Crippen LogP contribution in [0.2, 0.25) is 0 Å². The molecule has 2 heteroatoms. The third kappa shape index (κ3) is 1.64. The molecule has 3 unspecified atom stereocenters. The lowest BCUT2D eigenvalue weighted by Gasteiger charge is -2.26. The Hall–Kier alpha value is -0.220. The van der Waals surface area contributed by atoms with E-state index in [-0.39, 0.29) is 11.3 Å². The van der Waals surface area contributed by atoms with Gasteiger partial charge in [0.2, 0.25) is 0 Å². The van der Waals surface area contributed by atoms with Crippen molar-refractivity contribution in [1.82, 2.24) is 0 Å². The lowest BCUT2D eigenvalue weighted by molar-refractivity contribution is 0.318. The zero-order chi connectivity index (χ0) is 7.56. The van der Waals surface area contributed by atoms with Gasteiger partial charge in [-0.05, 0) is 25.2 Å². The molecule has 0 aromatic carbocycles. The van der Waals surface area contributed by atoms with Crippen LogP contribution in [0.1, 0.15) is 26.2 Å². The summed E-state index contributed by atoms with van der Waals surface area (Å²) >= 11 is 5.90. The van der Waals surface area contributed by atoms with Crippen molar-refractivity contribution < 1.29 is 0 Å². The normalized spacial score (nSPS) is 40.7. The molecule has 1 saturated carbocycles. The first-order valence-corrected chi connectivity index (χ1v) is 4.21. The molecular formula is C8H12ClN. The fraction of sp³-hybridized carbons (Fsp3) is 0.875. The SMILES string of the molecule is CC1CCC(Cl)CC1C#N. The van der Waals surface area contributed by atoms with Crippen LogP contribution < -0.4 is 0 Å². The Kier molecular flexibility index (Phi) is 2.56. The van der Waals surface area contributed by atoms with Crippen LogP contribution in [0, 0.1) is 23.2 Å². The summed E-state index contributed by atoms with van der Waals surface area (Å²) in [6, 6.07) is 2.30. The molecule has 0 aliphatic heterocycles. The van der Waals surface area contributed by atoms with Crippen molar-refractivity contribution in [2.45, 2.75) is 31.6 Å². The Morgan fingerprint density at radius 1 is 1.50 bits per heavy atom. The van der Waals surface area contributed by atoms with Gasteiger partial charge in [0.25, 0.3) is 0 Å². The van der Waals surface area contributed by atoms with Crippen LogP contribution in [0.5, 0.6) is 0 Å². The van der Waals surface area contributed by atoms with E-state index in [2.05, 4.69) is 13.0 Å². The number of nitriles is 1. The summed E-state index contributed by atoms with van der Waals surface area (Å²) in [6.45, 7) is 2.14. The van der Waals surface area contributed by atoms with Gasteiger partial charge in [-0.15, -0.1) is 11.6 Å². The van der Waals surface area contributed by atoms with Gasteiger partial charge >= 0.3 is 0 Å². The van der Waals surface area contributed by atoms with E-state index in [1.165, 1.54) is 0 Å². The summed E-state index contributed by atoms with van der Waals surface area (Å²) in [6.07, 6.45) is 3.09. The van der Waals surface area contributed by atoms with Gasteiger partial charge < -0.3 is 0 Å². The van der Waals surface area contributed by atoms with Crippen molar-refractivity contribution in [1.29, 1.82) is 5.26 Å². The maximum Gasteiger partial charge on any atom is 0.0659 e. The number of nitrogens with zero attached hydrogens (tertiary/aromatic N) is 1. The first kappa shape index (κ1) is 7.88. The molecule has 0 saturated heterocycles. The Bertz CT molecular complexity index is 150. The van der Waals surface area contributed by atoms with Gasteiger partial charge in [-0.2, -0.15) is 5.26 Å². The third-order valence-corrected chi connectivity index (χ3v) is 2.69. The Morgan fingerprint density at radius 3 is 2.70 bits per heavy atom. The largest absolute Gasteiger partial charge is 0.198 e. The van der Waals surface area contributed by atoms with Crippen molar-refractivity contribution in [3.8, 4) is 6.07 Å². The minimum absolute atomic E-state index is 0.205. The van der Waals surface area contributed by atoms with Crippen LogP contribution in [0.4, 0.5) is 0 Å². The molecule has 10 heavy (non-hydrogen) atoms. The zero-order valence-electron chi connectivity index (χ0n) is 6.18. The van der Waals surface area contributed by atoms with E-state index >= 15 is 0 Å². The second kappa shape index (κ2) is 3.25. The van der Waals surface area contributed by atoms with Crippen molar-refractivity contribution in [3.63, 3.8) is 0 Å². The molecular weight excluding hydrogens is 146 g/mol. The molecule has 56 valence electrons. The Morgan fingerprint density at radius 2 is 2.20 bits per heavy atom. The molecule has 1 aliphatic carbocycles. The van der Waals surface area contributed by atoms with Crippen LogP contribution in [-0.4, -0.2) is 5.38 Å². The molecule has 1 aliphatic rings. The van der Waals surface area contributed by atoms with Gasteiger partial charge in [0.1, 0.15) is 0 Å². The summed E-state index contributed by atoms with van der Waals surface area (Å²) in [4.78, 5) is 0. The lowest BCUT2D eigenvalue weighted by Crippen LogP contribution is -2.21. The fourth-order valence-electron chi connectivity index (χ4n) is 1.45. The molecule has 0 bridgehead atoms. The van der Waals surface area contributed by atoms with Gasteiger partial charge in [-0.3, -0.25) is 0 Å². The molecule has 0 amide bonds. The van der Waals surface area contributed by atoms with Crippen LogP contribution in [0.25, 0.3) is 0 Å². The molecule has 0 spiro atoms. The summed E-state index contributed by atoms with van der Waals surface area (Å²) in [5.74, 6) is 0.760. The van der Waals surface area contributed by atoms with E-state index in [0.717, 1.165) is 19.3 Å². The molecule has 0 radical (unpaired) electrons. The summed E-state index contributed by atoms with van der Waals surface area (Å²) in [5, 5.41) is 8.92. The lowest BCUT2D eigenvalue weighted by atomic mass is 9.81. The predicted molar refractivity (Wildman–Crippen MR) is 41.8 cm³/mol. The van der Waals surface area contributed by atoms with Crippen LogP contribution >= 0.6 is 11.6 Å². The molecule has 0 N–H and O–H groups in total. The molecule has 1 nitrogen and oxygen atoms in total. The number of rotatable bonds is 0. The van der Waals surface area contributed by atoms with Crippen molar-refractivity contribution in [3.05, 3.63) is 0 Å². The molecule has 3 atom stereocenters. The minimum atomic E-state index is 0.205. The van der Waals surface area contributed by atoms with E-state index in [1.807, 2.05) is 0 Å². The highest BCUT2D eigenvalue weighted by molar-refractivity contribution is 6.20. The third-order valence-electron chi connectivity index (χ3n) is 2.30. The zero-order valence-corrected chi connectivity index (χ0v) is 6.93. The van der Waals surface area contributed by atoms with Crippen LogP contribution in [0.3, 0.4) is 0 Å². The molecule has 0 aromatic rings. The first-order valence-electron chi connectivity index (χ1n) is 3.77. The monoisotopic (exact) mass is 157 g/mol. The fourth-order valence-corrected chi connectivity index (χ4v) is 1.77. The van der Waals surface area contributed by atoms with Gasteiger partial charge in [0.15, 0.2) is 0 Å². The van der Waals surface area contributed by atoms with Gasteiger partial charge in [-0.1, -0.05) is 6.92 Å². The smallest absolute Gasteiger partial charge is 0.0659 e. The topological polar surface area (TPSA) is 23.8 Å². The summed E-state index contributed by atoms with van der Waals surface area (Å²) < 4.78 is 0. The van der Waals surface area contributed by atoms with Crippen molar-refractivity contribution in [2.24, 2.45) is 11.8 Å². The highest BCUT2D eigenvalue weighted by atomic mass is 35.5. The predicted octanol–water partition coefficient (Wildman–Crippen LogP) is 2.55. The van der Waals surface area contributed by atoms with E-state index in [4.69, 9.17) is 16.9 Å². The second-order valence-electron chi connectivity index (χ2n) is 3.12. The van der Waals surface area contributed by atoms with Gasteiger partial charge in [-0.25, -0.2) is 0 Å². The molecule has 0 heterocycles. The quantitative estimate of drug-likeness (QED) is 0.496. The molecule has 1 fully saturated rings. The van der Waals surface area contributed by atoms with Crippen LogP contribution in [0.15, 0.2) is 0 Å². The average Bonchev–Trinajstić information content (AvgIpc) is 1.94. The van der Waals surface area contributed by atoms with Crippen molar-refractivity contribution >= 4 is 11.6 Å². The van der Waals surface area contributed by atoms with Gasteiger partial charge in [0, 0.05) is 5.38 Å². The van der Waals surface area contributed by atoms with E-state index in [0.29, 0.717) is 5.92 Å². The van der Waals surface area contributed by atoms with E-state index in [9.17, 15) is 0 Å². The second-order valence-corrected chi connectivity index (χ2v) is 3.74. The van der Waals surface area contributed by atoms with Crippen molar-refractivity contribution in [2.75, 3.05) is 0 Å². The highest BCUT2D eigenvalue weighted by Crippen LogP contribution is 2.31. The molecule has 0 aromatic heterocycles. The maximum atomic E-state index is 8.67. The average molecular weight is 158 g/mol. The molecule has 1 rings (SSSR count). The maximum absolute atomic E-state index is 8.67. The van der Waals surface area contributed by atoms with Gasteiger partial charge in [0.05, 0.1) is 12.0 Å². The standard InChI is InChI=1S/C8H12ClN/c1-6-2-3-8(9)4-7(6)5-10/h6-8H,2-4H2,1H3. The minimum Gasteiger partial charge on any atom is -0.198 e. The Labute approximate surface area is 67.0 Å². The summed E-state index contributed by atoms with van der Waals surface area (Å²) in [7, 11) is 0. The Balaban J connectivity index is 2.47. The highest BCUT2D eigenvalue weighted by Gasteiger charge is 2.25. The van der Waals surface area contributed by atoms with E-state index in [1.54, 1.807) is 0 Å².